The molecule has 0 saturated heterocycles. The predicted octanol–water partition coefficient (Wildman–Crippen LogP) is 0.571. The van der Waals surface area contributed by atoms with Crippen molar-refractivity contribution in [2.24, 2.45) is 0 Å². The SMILES string of the molecule is O=S(=O)(F)CCc1cnc2cnccn12. The molecule has 0 amide bonds. The van der Waals surface area contributed by atoms with Crippen LogP contribution < -0.4 is 0 Å². The second kappa shape index (κ2) is 3.58. The average Bonchev–Trinajstić information content (AvgIpc) is 2.57. The first-order valence-electron chi connectivity index (χ1n) is 4.24. The molecule has 0 aliphatic rings. The third kappa shape index (κ3) is 2.30. The van der Waals surface area contributed by atoms with Crippen LogP contribution in [0.5, 0.6) is 0 Å². The molecule has 2 rings (SSSR count). The molecule has 2 aromatic rings. The highest BCUT2D eigenvalue weighted by Gasteiger charge is 2.10. The van der Waals surface area contributed by atoms with Crippen molar-refractivity contribution in [2.75, 3.05) is 5.75 Å². The maximum Gasteiger partial charge on any atom is 0.302 e. The van der Waals surface area contributed by atoms with E-state index in [9.17, 15) is 12.3 Å². The molecule has 0 atom stereocenters. The lowest BCUT2D eigenvalue weighted by Gasteiger charge is -1.98. The summed E-state index contributed by atoms with van der Waals surface area (Å²) in [5.41, 5.74) is 1.26. The molecule has 0 spiro atoms. The number of hydrogen-bond donors (Lipinski definition) is 0. The summed E-state index contributed by atoms with van der Waals surface area (Å²) in [4.78, 5) is 7.86. The number of aryl methyl sites for hydroxylation is 1. The molecular weight excluding hydrogens is 221 g/mol. The Hall–Kier alpha value is -1.50. The fourth-order valence-electron chi connectivity index (χ4n) is 1.31. The van der Waals surface area contributed by atoms with Gasteiger partial charge < -0.3 is 4.40 Å². The molecule has 0 unspecified atom stereocenters. The Morgan fingerprint density at radius 3 is 2.93 bits per heavy atom. The van der Waals surface area contributed by atoms with E-state index >= 15 is 0 Å². The maximum atomic E-state index is 12.3. The fourth-order valence-corrected chi connectivity index (χ4v) is 1.76. The molecule has 0 fully saturated rings. The monoisotopic (exact) mass is 229 g/mol. The van der Waals surface area contributed by atoms with E-state index < -0.39 is 16.0 Å². The van der Waals surface area contributed by atoms with Crippen molar-refractivity contribution in [3.05, 3.63) is 30.5 Å². The Kier molecular flexibility index (Phi) is 2.39. The number of fused-ring (bicyclic) bond motifs is 1. The Morgan fingerprint density at radius 2 is 2.20 bits per heavy atom. The van der Waals surface area contributed by atoms with E-state index in [4.69, 9.17) is 0 Å². The minimum absolute atomic E-state index is 0.101. The van der Waals surface area contributed by atoms with E-state index in [2.05, 4.69) is 9.97 Å². The lowest BCUT2D eigenvalue weighted by molar-refractivity contribution is 0.551. The smallest absolute Gasteiger partial charge is 0.301 e. The summed E-state index contributed by atoms with van der Waals surface area (Å²) in [5, 5.41) is 0. The van der Waals surface area contributed by atoms with Crippen molar-refractivity contribution in [2.45, 2.75) is 6.42 Å². The summed E-state index contributed by atoms with van der Waals surface area (Å²) < 4.78 is 34.7. The van der Waals surface area contributed by atoms with Crippen molar-refractivity contribution >= 4 is 15.9 Å². The average molecular weight is 229 g/mol. The van der Waals surface area contributed by atoms with Crippen LogP contribution in [0.25, 0.3) is 5.65 Å². The Bertz CT molecular complexity index is 578. The zero-order valence-corrected chi connectivity index (χ0v) is 8.48. The van der Waals surface area contributed by atoms with Crippen LogP contribution in [0, 0.1) is 0 Å². The van der Waals surface area contributed by atoms with Crippen molar-refractivity contribution in [1.82, 2.24) is 14.4 Å². The number of imidazole rings is 1. The van der Waals surface area contributed by atoms with Gasteiger partial charge in [-0.25, -0.2) is 4.98 Å². The van der Waals surface area contributed by atoms with Gasteiger partial charge in [-0.05, 0) is 0 Å². The standard InChI is InChI=1S/C8H8FN3O2S/c9-15(13,14)4-1-7-5-11-8-6-10-2-3-12(7)8/h2-3,5-6H,1,4H2. The van der Waals surface area contributed by atoms with Gasteiger partial charge in [-0.1, -0.05) is 0 Å². The Balaban J connectivity index is 2.29. The lowest BCUT2D eigenvalue weighted by Crippen LogP contribution is -2.04. The topological polar surface area (TPSA) is 64.3 Å². The van der Waals surface area contributed by atoms with Gasteiger partial charge >= 0.3 is 10.2 Å². The quantitative estimate of drug-likeness (QED) is 0.722. The molecular formula is C8H8FN3O2S. The summed E-state index contributed by atoms with van der Waals surface area (Å²) in [6.45, 7) is 0. The van der Waals surface area contributed by atoms with Gasteiger partial charge in [0, 0.05) is 30.7 Å². The number of halogens is 1. The summed E-state index contributed by atoms with van der Waals surface area (Å²) in [6, 6.07) is 0. The third-order valence-electron chi connectivity index (χ3n) is 2.00. The molecule has 2 heterocycles. The van der Waals surface area contributed by atoms with E-state index in [-0.39, 0.29) is 6.42 Å². The minimum atomic E-state index is -4.43. The molecule has 0 aliphatic heterocycles. The van der Waals surface area contributed by atoms with Crippen molar-refractivity contribution in [3.63, 3.8) is 0 Å². The molecule has 7 heteroatoms. The molecule has 0 aliphatic carbocycles. The number of rotatable bonds is 3. The number of nitrogens with zero attached hydrogens (tertiary/aromatic N) is 3. The van der Waals surface area contributed by atoms with Gasteiger partial charge in [0.05, 0.1) is 11.9 Å². The normalized spacial score (nSPS) is 12.1. The van der Waals surface area contributed by atoms with Crippen LogP contribution in [0.3, 0.4) is 0 Å². The highest BCUT2D eigenvalue weighted by Crippen LogP contribution is 2.06. The number of aromatic nitrogens is 3. The van der Waals surface area contributed by atoms with Gasteiger partial charge in [0.2, 0.25) is 0 Å². The fraction of sp³-hybridized carbons (Fsp3) is 0.250. The van der Waals surface area contributed by atoms with E-state index in [1.54, 1.807) is 23.0 Å². The van der Waals surface area contributed by atoms with E-state index in [1.807, 2.05) is 0 Å². The molecule has 80 valence electrons. The molecule has 0 radical (unpaired) electrons. The van der Waals surface area contributed by atoms with Crippen LogP contribution >= 0.6 is 0 Å². The van der Waals surface area contributed by atoms with Crippen molar-refractivity contribution in [1.29, 1.82) is 0 Å². The molecule has 0 saturated carbocycles. The van der Waals surface area contributed by atoms with Crippen molar-refractivity contribution in [3.8, 4) is 0 Å². The molecule has 5 nitrogen and oxygen atoms in total. The molecule has 0 aromatic carbocycles. The molecule has 0 N–H and O–H groups in total. The summed E-state index contributed by atoms with van der Waals surface area (Å²) in [7, 11) is -4.43. The van der Waals surface area contributed by atoms with Gasteiger partial charge in [-0.3, -0.25) is 4.98 Å². The first-order valence-corrected chi connectivity index (χ1v) is 5.80. The van der Waals surface area contributed by atoms with Crippen LogP contribution in [0.4, 0.5) is 3.89 Å². The minimum Gasteiger partial charge on any atom is -0.301 e. The van der Waals surface area contributed by atoms with E-state index in [0.29, 0.717) is 11.3 Å². The molecule has 0 bridgehead atoms. The summed E-state index contributed by atoms with van der Waals surface area (Å²) >= 11 is 0. The zero-order chi connectivity index (χ0) is 10.9. The largest absolute Gasteiger partial charge is 0.302 e. The third-order valence-corrected chi connectivity index (χ3v) is 2.69. The Morgan fingerprint density at radius 1 is 1.40 bits per heavy atom. The Labute approximate surface area is 85.8 Å². The van der Waals surface area contributed by atoms with Crippen LogP contribution in [0.2, 0.25) is 0 Å². The first kappa shape index (κ1) is 10.0. The van der Waals surface area contributed by atoms with E-state index in [1.165, 1.54) is 6.20 Å². The van der Waals surface area contributed by atoms with Gasteiger partial charge in [-0.2, -0.15) is 8.42 Å². The molecule has 2 aromatic heterocycles. The van der Waals surface area contributed by atoms with Crippen LogP contribution in [-0.4, -0.2) is 28.5 Å². The van der Waals surface area contributed by atoms with Gasteiger partial charge in [0.25, 0.3) is 0 Å². The first-order chi connectivity index (χ1) is 7.06. The van der Waals surface area contributed by atoms with Crippen molar-refractivity contribution < 1.29 is 12.3 Å². The van der Waals surface area contributed by atoms with E-state index in [0.717, 1.165) is 0 Å². The second-order valence-electron chi connectivity index (χ2n) is 3.05. The zero-order valence-electron chi connectivity index (χ0n) is 7.67. The highest BCUT2D eigenvalue weighted by molar-refractivity contribution is 7.86. The molecule has 15 heavy (non-hydrogen) atoms. The summed E-state index contributed by atoms with van der Waals surface area (Å²) in [5.74, 6) is -0.525. The lowest BCUT2D eigenvalue weighted by atomic mass is 10.4. The van der Waals surface area contributed by atoms with Crippen LogP contribution in [0.15, 0.2) is 24.8 Å². The van der Waals surface area contributed by atoms with Gasteiger partial charge in [-0.15, -0.1) is 3.89 Å². The van der Waals surface area contributed by atoms with Crippen LogP contribution in [-0.2, 0) is 16.6 Å². The van der Waals surface area contributed by atoms with Crippen LogP contribution in [0.1, 0.15) is 5.69 Å². The maximum absolute atomic E-state index is 12.3. The highest BCUT2D eigenvalue weighted by atomic mass is 32.3. The summed E-state index contributed by atoms with van der Waals surface area (Å²) in [6.07, 6.45) is 6.38. The predicted molar refractivity (Wildman–Crippen MR) is 51.6 cm³/mol. The number of hydrogen-bond acceptors (Lipinski definition) is 4. The second-order valence-corrected chi connectivity index (χ2v) is 4.53. The van der Waals surface area contributed by atoms with Gasteiger partial charge in [0.15, 0.2) is 5.65 Å². The van der Waals surface area contributed by atoms with Gasteiger partial charge in [0.1, 0.15) is 0 Å².